The highest BCUT2D eigenvalue weighted by Gasteiger charge is 2.39. The Balaban J connectivity index is 1.13. The molecule has 2 fully saturated rings. The minimum absolute atomic E-state index is 0.663. The molecular formula is C32H32N2. The van der Waals surface area contributed by atoms with Gasteiger partial charge in [-0.3, -0.25) is 9.80 Å². The molecule has 2 heteroatoms. The smallest absolute Gasteiger partial charge is 0.0240 e. The Labute approximate surface area is 203 Å². The van der Waals surface area contributed by atoms with Gasteiger partial charge in [0.25, 0.3) is 0 Å². The Kier molecular flexibility index (Phi) is 6.01. The average Bonchev–Trinajstić information content (AvgIpc) is 3.12. The van der Waals surface area contributed by atoms with Crippen LogP contribution in [-0.4, -0.2) is 35.0 Å². The molecule has 2 saturated heterocycles. The topological polar surface area (TPSA) is 6.48 Å². The Morgan fingerprint density at radius 1 is 0.500 bits per heavy atom. The summed E-state index contributed by atoms with van der Waals surface area (Å²) in [6.07, 6.45) is 2.65. The fourth-order valence-corrected chi connectivity index (χ4v) is 5.89. The van der Waals surface area contributed by atoms with Crippen LogP contribution >= 0.6 is 0 Å². The third-order valence-corrected chi connectivity index (χ3v) is 7.55. The molecule has 4 aromatic rings. The number of hydrogen-bond acceptors (Lipinski definition) is 2. The number of benzene rings is 4. The lowest BCUT2D eigenvalue weighted by Crippen LogP contribution is -2.52. The number of nitrogens with zero attached hydrogens (tertiary/aromatic N) is 2. The summed E-state index contributed by atoms with van der Waals surface area (Å²) >= 11 is 0. The van der Waals surface area contributed by atoms with Crippen molar-refractivity contribution in [3.63, 3.8) is 0 Å². The Hall–Kier alpha value is -3.20. The van der Waals surface area contributed by atoms with Crippen molar-refractivity contribution in [3.8, 4) is 22.3 Å². The van der Waals surface area contributed by atoms with Crippen LogP contribution in [0.3, 0.4) is 0 Å². The van der Waals surface area contributed by atoms with Gasteiger partial charge in [0, 0.05) is 38.3 Å². The van der Waals surface area contributed by atoms with Crippen molar-refractivity contribution < 1.29 is 0 Å². The van der Waals surface area contributed by atoms with Gasteiger partial charge >= 0.3 is 0 Å². The molecule has 2 nitrogen and oxygen atoms in total. The second-order valence-electron chi connectivity index (χ2n) is 9.88. The number of piperazine rings is 1. The molecule has 170 valence electrons. The van der Waals surface area contributed by atoms with E-state index >= 15 is 0 Å². The lowest BCUT2D eigenvalue weighted by molar-refractivity contribution is 0.0567. The van der Waals surface area contributed by atoms with E-state index in [1.165, 1.54) is 59.3 Å². The summed E-state index contributed by atoms with van der Waals surface area (Å²) in [7, 11) is 0. The van der Waals surface area contributed by atoms with Crippen molar-refractivity contribution in [2.24, 2.45) is 0 Å². The number of hydrogen-bond donors (Lipinski definition) is 0. The van der Waals surface area contributed by atoms with Gasteiger partial charge in [-0.1, -0.05) is 97.1 Å². The molecule has 2 atom stereocenters. The SMILES string of the molecule is c1ccc(-c2cccc(CN3C[C@H]4CC[C@@H](C3)N4Cc3cccc(-c4ccccc4)c3)c2)cc1. The molecule has 34 heavy (non-hydrogen) atoms. The molecule has 0 aromatic heterocycles. The average molecular weight is 445 g/mol. The first-order valence-electron chi connectivity index (χ1n) is 12.6. The first-order valence-corrected chi connectivity index (χ1v) is 12.6. The molecule has 0 unspecified atom stereocenters. The fraction of sp³-hybridized carbons (Fsp3) is 0.250. The Morgan fingerprint density at radius 3 is 1.50 bits per heavy atom. The number of rotatable bonds is 6. The summed E-state index contributed by atoms with van der Waals surface area (Å²) in [5.41, 5.74) is 8.09. The molecule has 2 aliphatic heterocycles. The first kappa shape index (κ1) is 21.3. The molecule has 0 spiro atoms. The van der Waals surface area contributed by atoms with E-state index < -0.39 is 0 Å². The van der Waals surface area contributed by atoms with E-state index in [1.807, 2.05) is 0 Å². The normalized spacial score (nSPS) is 20.5. The molecule has 0 saturated carbocycles. The maximum absolute atomic E-state index is 2.78. The Morgan fingerprint density at radius 2 is 0.971 bits per heavy atom. The summed E-state index contributed by atoms with van der Waals surface area (Å²) < 4.78 is 0. The highest BCUT2D eigenvalue weighted by molar-refractivity contribution is 5.64. The van der Waals surface area contributed by atoms with Crippen molar-refractivity contribution in [3.05, 3.63) is 120 Å². The molecule has 0 radical (unpaired) electrons. The third-order valence-electron chi connectivity index (χ3n) is 7.55. The second kappa shape index (κ2) is 9.58. The van der Waals surface area contributed by atoms with Gasteiger partial charge in [0.15, 0.2) is 0 Å². The highest BCUT2D eigenvalue weighted by atomic mass is 15.3. The summed E-state index contributed by atoms with van der Waals surface area (Å²) in [5.74, 6) is 0. The van der Waals surface area contributed by atoms with Crippen LogP contribution in [0, 0.1) is 0 Å². The molecule has 4 aromatic carbocycles. The monoisotopic (exact) mass is 444 g/mol. The predicted octanol–water partition coefficient (Wildman–Crippen LogP) is 6.87. The van der Waals surface area contributed by atoms with Gasteiger partial charge in [-0.05, 0) is 58.4 Å². The quantitative estimate of drug-likeness (QED) is 0.320. The lowest BCUT2D eigenvalue weighted by atomic mass is 10.0. The van der Waals surface area contributed by atoms with Crippen LogP contribution < -0.4 is 0 Å². The summed E-state index contributed by atoms with van der Waals surface area (Å²) in [6, 6.07) is 41.0. The van der Waals surface area contributed by atoms with Crippen LogP contribution in [0.1, 0.15) is 24.0 Å². The van der Waals surface area contributed by atoms with Gasteiger partial charge in [-0.25, -0.2) is 0 Å². The van der Waals surface area contributed by atoms with Crippen LogP contribution in [0.5, 0.6) is 0 Å². The standard InChI is InChI=1S/C32H32N2/c1-3-11-27(12-4-1)29-15-7-9-25(19-29)21-33-23-31-17-18-32(24-33)34(31)22-26-10-8-16-30(20-26)28-13-5-2-6-14-28/h1-16,19-20,31-32H,17-18,21-24H2/t31-,32+. The minimum atomic E-state index is 0.663. The minimum Gasteiger partial charge on any atom is -0.296 e. The molecule has 0 aliphatic carbocycles. The van der Waals surface area contributed by atoms with E-state index in [9.17, 15) is 0 Å². The van der Waals surface area contributed by atoms with E-state index in [1.54, 1.807) is 0 Å². The van der Waals surface area contributed by atoms with Gasteiger partial charge in [-0.15, -0.1) is 0 Å². The second-order valence-corrected chi connectivity index (χ2v) is 9.88. The van der Waals surface area contributed by atoms with Crippen molar-refractivity contribution in [2.75, 3.05) is 13.1 Å². The van der Waals surface area contributed by atoms with Crippen LogP contribution in [-0.2, 0) is 13.1 Å². The van der Waals surface area contributed by atoms with E-state index in [4.69, 9.17) is 0 Å². The molecule has 0 amide bonds. The molecule has 0 N–H and O–H groups in total. The van der Waals surface area contributed by atoms with E-state index in [-0.39, 0.29) is 0 Å². The van der Waals surface area contributed by atoms with E-state index in [2.05, 4.69) is 119 Å². The van der Waals surface area contributed by atoms with Crippen molar-refractivity contribution >= 4 is 0 Å². The number of fused-ring (bicyclic) bond motifs is 2. The largest absolute Gasteiger partial charge is 0.296 e. The van der Waals surface area contributed by atoms with Crippen molar-refractivity contribution in [1.82, 2.24) is 9.80 Å². The van der Waals surface area contributed by atoms with Gasteiger partial charge in [0.1, 0.15) is 0 Å². The maximum atomic E-state index is 2.78. The van der Waals surface area contributed by atoms with E-state index in [0.29, 0.717) is 12.1 Å². The molecule has 2 bridgehead atoms. The van der Waals surface area contributed by atoms with Gasteiger partial charge in [0.2, 0.25) is 0 Å². The van der Waals surface area contributed by atoms with Crippen LogP contribution in [0.25, 0.3) is 22.3 Å². The first-order chi connectivity index (χ1) is 16.8. The van der Waals surface area contributed by atoms with Crippen molar-refractivity contribution in [1.29, 1.82) is 0 Å². The zero-order valence-corrected chi connectivity index (χ0v) is 19.7. The van der Waals surface area contributed by atoms with Gasteiger partial charge in [0.05, 0.1) is 0 Å². The van der Waals surface area contributed by atoms with Gasteiger partial charge in [-0.2, -0.15) is 0 Å². The third kappa shape index (κ3) is 4.57. The molecule has 6 rings (SSSR count). The molecule has 2 heterocycles. The predicted molar refractivity (Wildman–Crippen MR) is 141 cm³/mol. The maximum Gasteiger partial charge on any atom is 0.0240 e. The summed E-state index contributed by atoms with van der Waals surface area (Å²) in [4.78, 5) is 5.46. The zero-order valence-electron chi connectivity index (χ0n) is 19.7. The van der Waals surface area contributed by atoms with Crippen molar-refractivity contribution in [2.45, 2.75) is 38.0 Å². The lowest BCUT2D eigenvalue weighted by Gasteiger charge is -2.41. The van der Waals surface area contributed by atoms with E-state index in [0.717, 1.165) is 13.1 Å². The van der Waals surface area contributed by atoms with Gasteiger partial charge < -0.3 is 0 Å². The summed E-state index contributed by atoms with van der Waals surface area (Å²) in [6.45, 7) is 4.45. The van der Waals surface area contributed by atoms with Crippen LogP contribution in [0.2, 0.25) is 0 Å². The van der Waals surface area contributed by atoms with Crippen LogP contribution in [0.4, 0.5) is 0 Å². The highest BCUT2D eigenvalue weighted by Crippen LogP contribution is 2.33. The molecular weight excluding hydrogens is 412 g/mol. The summed E-state index contributed by atoms with van der Waals surface area (Å²) in [5, 5.41) is 0. The zero-order chi connectivity index (χ0) is 22.7. The number of likely N-dealkylation sites (tertiary alicyclic amines) is 1. The van der Waals surface area contributed by atoms with Crippen LogP contribution in [0.15, 0.2) is 109 Å². The fourth-order valence-electron chi connectivity index (χ4n) is 5.89. The molecule has 2 aliphatic rings. The Bertz CT molecular complexity index is 1220.